The van der Waals surface area contributed by atoms with E-state index in [1.165, 1.54) is 16.7 Å². The molecule has 0 aliphatic rings. The Kier molecular flexibility index (Phi) is 4.29. The molecule has 1 rings (SSSR count). The lowest BCUT2D eigenvalue weighted by molar-refractivity contribution is 0.0696. The molecule has 0 aliphatic carbocycles. The van der Waals surface area contributed by atoms with E-state index >= 15 is 0 Å². The Hall–Kier alpha value is -0.870. The van der Waals surface area contributed by atoms with Gasteiger partial charge in [0, 0.05) is 17.7 Å². The highest BCUT2D eigenvalue weighted by molar-refractivity contribution is 7.12. The molecule has 0 amide bonds. The summed E-state index contributed by atoms with van der Waals surface area (Å²) in [5.74, 6) is -0.562. The predicted octanol–water partition coefficient (Wildman–Crippen LogP) is 2.96. The Morgan fingerprint density at radius 1 is 1.53 bits per heavy atom. The molecule has 82 valence electrons. The summed E-state index contributed by atoms with van der Waals surface area (Å²) in [6.07, 6.45) is 1.00. The Morgan fingerprint density at radius 3 is 2.67 bits per heavy atom. The van der Waals surface area contributed by atoms with E-state index in [2.05, 4.69) is 0 Å². The number of carboxylic acid groups (broad SMARTS) is 1. The maximum absolute atomic E-state index is 11.6. The van der Waals surface area contributed by atoms with Gasteiger partial charge in [0.25, 0.3) is 0 Å². The fraction of sp³-hybridized carbons (Fsp3) is 0.400. The van der Waals surface area contributed by atoms with Crippen LogP contribution >= 0.6 is 22.9 Å². The highest BCUT2D eigenvalue weighted by Gasteiger charge is 2.17. The molecule has 0 fully saturated rings. The number of aromatic carboxylic acids is 1. The molecule has 0 atom stereocenters. The summed E-state index contributed by atoms with van der Waals surface area (Å²) in [6.45, 7) is 1.66. The zero-order valence-corrected chi connectivity index (χ0v) is 9.82. The summed E-state index contributed by atoms with van der Waals surface area (Å²) >= 11 is 6.68. The third-order valence-electron chi connectivity index (χ3n) is 2.06. The second-order valence-corrected chi connectivity index (χ2v) is 4.38. The molecule has 5 heteroatoms. The van der Waals surface area contributed by atoms with Crippen molar-refractivity contribution in [1.82, 2.24) is 0 Å². The van der Waals surface area contributed by atoms with E-state index in [4.69, 9.17) is 16.7 Å². The van der Waals surface area contributed by atoms with E-state index in [1.54, 1.807) is 6.92 Å². The quantitative estimate of drug-likeness (QED) is 0.642. The monoisotopic (exact) mass is 246 g/mol. The van der Waals surface area contributed by atoms with E-state index in [1.807, 2.05) is 0 Å². The lowest BCUT2D eigenvalue weighted by atomic mass is 10.1. The summed E-state index contributed by atoms with van der Waals surface area (Å²) in [6, 6.07) is 0. The highest BCUT2D eigenvalue weighted by atomic mass is 35.5. The number of hydrogen-bond donors (Lipinski definition) is 1. The predicted molar refractivity (Wildman–Crippen MR) is 60.3 cm³/mol. The van der Waals surface area contributed by atoms with Crippen molar-refractivity contribution in [2.24, 2.45) is 0 Å². The van der Waals surface area contributed by atoms with Gasteiger partial charge >= 0.3 is 5.97 Å². The Labute approximate surface area is 96.7 Å². The van der Waals surface area contributed by atoms with E-state index < -0.39 is 5.97 Å². The summed E-state index contributed by atoms with van der Waals surface area (Å²) in [5, 5.41) is 10.3. The number of ketones is 1. The van der Waals surface area contributed by atoms with Gasteiger partial charge in [0.1, 0.15) is 0 Å². The molecule has 1 heterocycles. The van der Waals surface area contributed by atoms with Gasteiger partial charge in [-0.3, -0.25) is 4.79 Å². The molecular weight excluding hydrogens is 236 g/mol. The van der Waals surface area contributed by atoms with E-state index in [0.29, 0.717) is 29.2 Å². The molecule has 0 aromatic carbocycles. The van der Waals surface area contributed by atoms with Gasteiger partial charge < -0.3 is 5.11 Å². The molecule has 1 aromatic heterocycles. The van der Waals surface area contributed by atoms with Crippen molar-refractivity contribution < 1.29 is 14.7 Å². The van der Waals surface area contributed by atoms with Gasteiger partial charge in [-0.25, -0.2) is 4.79 Å². The third kappa shape index (κ3) is 2.79. The van der Waals surface area contributed by atoms with Crippen molar-refractivity contribution in [3.63, 3.8) is 0 Å². The molecular formula is C10H11ClO3S. The summed E-state index contributed by atoms with van der Waals surface area (Å²) in [5.41, 5.74) is 0.779. The average molecular weight is 247 g/mol. The second kappa shape index (κ2) is 5.28. The first-order chi connectivity index (χ1) is 7.07. The Bertz CT molecular complexity index is 384. The minimum absolute atomic E-state index is 0.0225. The largest absolute Gasteiger partial charge is 0.478 e. The van der Waals surface area contributed by atoms with Crippen LogP contribution in [0.3, 0.4) is 0 Å². The van der Waals surface area contributed by atoms with Crippen molar-refractivity contribution >= 4 is 34.7 Å². The number of hydrogen-bond acceptors (Lipinski definition) is 3. The van der Waals surface area contributed by atoms with E-state index in [0.717, 1.165) is 0 Å². The number of alkyl halides is 1. The zero-order valence-electron chi connectivity index (χ0n) is 8.25. The molecule has 0 radical (unpaired) electrons. The van der Waals surface area contributed by atoms with Crippen molar-refractivity contribution in [1.29, 1.82) is 0 Å². The normalized spacial score (nSPS) is 10.3. The van der Waals surface area contributed by atoms with Crippen LogP contribution in [0.5, 0.6) is 0 Å². The van der Waals surface area contributed by atoms with Crippen LogP contribution in [0.15, 0.2) is 5.38 Å². The fourth-order valence-corrected chi connectivity index (χ4v) is 2.41. The first-order valence-electron chi connectivity index (χ1n) is 4.48. The summed E-state index contributed by atoms with van der Waals surface area (Å²) in [4.78, 5) is 22.9. The van der Waals surface area contributed by atoms with Crippen LogP contribution in [-0.2, 0) is 0 Å². The van der Waals surface area contributed by atoms with Crippen molar-refractivity contribution in [3.05, 3.63) is 21.4 Å². The molecule has 0 bridgehead atoms. The van der Waals surface area contributed by atoms with Crippen molar-refractivity contribution in [2.45, 2.75) is 19.8 Å². The van der Waals surface area contributed by atoms with Gasteiger partial charge in [-0.05, 0) is 18.9 Å². The molecule has 0 saturated carbocycles. The first kappa shape index (κ1) is 12.2. The molecule has 1 aromatic rings. The zero-order chi connectivity index (χ0) is 11.4. The SMILES string of the molecule is Cc1c(C(=O)O)csc1C(=O)CCCCl. The van der Waals surface area contributed by atoms with E-state index in [-0.39, 0.29) is 11.3 Å². The van der Waals surface area contributed by atoms with Crippen LogP contribution in [0.2, 0.25) is 0 Å². The van der Waals surface area contributed by atoms with Crippen LogP contribution in [0, 0.1) is 6.92 Å². The standard InChI is InChI=1S/C10H11ClO3S/c1-6-7(10(13)14)5-15-9(6)8(12)3-2-4-11/h5H,2-4H2,1H3,(H,13,14). The van der Waals surface area contributed by atoms with Crippen LogP contribution in [-0.4, -0.2) is 22.7 Å². The van der Waals surface area contributed by atoms with Crippen LogP contribution in [0.1, 0.15) is 38.4 Å². The maximum atomic E-state index is 11.6. The fourth-order valence-electron chi connectivity index (χ4n) is 1.24. The first-order valence-corrected chi connectivity index (χ1v) is 5.90. The minimum Gasteiger partial charge on any atom is -0.478 e. The van der Waals surface area contributed by atoms with Crippen LogP contribution in [0.25, 0.3) is 0 Å². The number of thiophene rings is 1. The minimum atomic E-state index is -0.986. The smallest absolute Gasteiger partial charge is 0.336 e. The number of carboxylic acids is 1. The van der Waals surface area contributed by atoms with Gasteiger partial charge in [-0.2, -0.15) is 0 Å². The number of carbonyl (C=O) groups is 2. The van der Waals surface area contributed by atoms with Crippen molar-refractivity contribution in [2.75, 3.05) is 5.88 Å². The van der Waals surface area contributed by atoms with Crippen LogP contribution in [0.4, 0.5) is 0 Å². The topological polar surface area (TPSA) is 54.4 Å². The van der Waals surface area contributed by atoms with Gasteiger partial charge in [-0.1, -0.05) is 0 Å². The lowest BCUT2D eigenvalue weighted by Crippen LogP contribution is -2.01. The van der Waals surface area contributed by atoms with Gasteiger partial charge in [0.2, 0.25) is 0 Å². The second-order valence-electron chi connectivity index (χ2n) is 3.12. The molecule has 0 spiro atoms. The molecule has 1 N–H and O–H groups in total. The van der Waals surface area contributed by atoms with Crippen molar-refractivity contribution in [3.8, 4) is 0 Å². The summed E-state index contributed by atoms with van der Waals surface area (Å²) < 4.78 is 0. The van der Waals surface area contributed by atoms with Gasteiger partial charge in [0.15, 0.2) is 5.78 Å². The number of halogens is 1. The maximum Gasteiger partial charge on any atom is 0.336 e. The Morgan fingerprint density at radius 2 is 2.20 bits per heavy atom. The van der Waals surface area contributed by atoms with E-state index in [9.17, 15) is 9.59 Å². The highest BCUT2D eigenvalue weighted by Crippen LogP contribution is 2.23. The van der Waals surface area contributed by atoms with Crippen LogP contribution < -0.4 is 0 Å². The molecule has 0 aliphatic heterocycles. The number of rotatable bonds is 5. The summed E-state index contributed by atoms with van der Waals surface area (Å²) in [7, 11) is 0. The Balaban J connectivity index is 2.86. The molecule has 0 saturated heterocycles. The number of Topliss-reactive ketones (excluding diaryl/α,β-unsaturated/α-hetero) is 1. The lowest BCUT2D eigenvalue weighted by Gasteiger charge is -1.98. The number of carbonyl (C=O) groups excluding carboxylic acids is 1. The third-order valence-corrected chi connectivity index (χ3v) is 3.45. The molecule has 0 unspecified atom stereocenters. The van der Waals surface area contributed by atoms with Gasteiger partial charge in [0.05, 0.1) is 10.4 Å². The average Bonchev–Trinajstić information content (AvgIpc) is 2.56. The molecule has 3 nitrogen and oxygen atoms in total. The molecule has 15 heavy (non-hydrogen) atoms. The van der Waals surface area contributed by atoms with Gasteiger partial charge in [-0.15, -0.1) is 22.9 Å².